The summed E-state index contributed by atoms with van der Waals surface area (Å²) in [5, 5.41) is 11.3. The van der Waals surface area contributed by atoms with Crippen LogP contribution in [0.4, 0.5) is 5.82 Å². The van der Waals surface area contributed by atoms with Crippen molar-refractivity contribution in [3.05, 3.63) is 95.3 Å². The number of hydrogen-bond acceptors (Lipinski definition) is 5. The van der Waals surface area contributed by atoms with Crippen LogP contribution in [0.25, 0.3) is 10.9 Å². The van der Waals surface area contributed by atoms with Crippen LogP contribution >= 0.6 is 0 Å². The van der Waals surface area contributed by atoms with E-state index in [1.807, 2.05) is 50.2 Å². The first-order valence-electron chi connectivity index (χ1n) is 10.7. The Bertz CT molecular complexity index is 1130. The molecule has 0 aliphatic rings. The predicted molar refractivity (Wildman–Crippen MR) is 127 cm³/mol. The molecule has 0 unspecified atom stereocenters. The smallest absolute Gasteiger partial charge is 0.340 e. The number of esters is 1. The van der Waals surface area contributed by atoms with Gasteiger partial charge >= 0.3 is 5.97 Å². The molecule has 2 heterocycles. The van der Waals surface area contributed by atoms with Crippen molar-refractivity contribution in [3.63, 3.8) is 0 Å². The number of ether oxygens (including phenoxy) is 1. The van der Waals surface area contributed by atoms with E-state index in [0.29, 0.717) is 41.1 Å². The number of pyridine rings is 1. The molecule has 6 heteroatoms. The standard InChI is InChI=1S/C24H23N3O3.C2H6/c1-17-13-20-21(24(28)30-2)14-25-23(22(20)27(17)29)26(15-18-9-5-3-6-10-18)16-19-11-7-4-8-12-19;1-2/h3-14,29H,15-16H2,1-2H3;1-2H3. The van der Waals surface area contributed by atoms with E-state index in [4.69, 9.17) is 4.74 Å². The monoisotopic (exact) mass is 431 g/mol. The molecule has 4 aromatic rings. The minimum absolute atomic E-state index is 0.325. The Morgan fingerprint density at radius 1 is 1.00 bits per heavy atom. The molecule has 0 aliphatic carbocycles. The molecule has 166 valence electrons. The quantitative estimate of drug-likeness (QED) is 0.318. The van der Waals surface area contributed by atoms with Gasteiger partial charge in [-0.15, -0.1) is 0 Å². The van der Waals surface area contributed by atoms with E-state index in [2.05, 4.69) is 34.1 Å². The van der Waals surface area contributed by atoms with Gasteiger partial charge in [0.25, 0.3) is 0 Å². The summed E-state index contributed by atoms with van der Waals surface area (Å²) in [4.78, 5) is 18.9. The lowest BCUT2D eigenvalue weighted by molar-refractivity contribution is 0.0602. The molecule has 0 radical (unpaired) electrons. The summed E-state index contributed by atoms with van der Waals surface area (Å²) in [6.07, 6.45) is 1.52. The molecule has 0 saturated carbocycles. The molecule has 0 spiro atoms. The van der Waals surface area contributed by atoms with E-state index in [9.17, 15) is 10.0 Å². The largest absolute Gasteiger partial charge is 0.465 e. The third-order valence-electron chi connectivity index (χ3n) is 5.11. The van der Waals surface area contributed by atoms with Crippen LogP contribution in [0.1, 0.15) is 41.0 Å². The normalized spacial score (nSPS) is 10.4. The van der Waals surface area contributed by atoms with Crippen LogP contribution < -0.4 is 4.90 Å². The van der Waals surface area contributed by atoms with Gasteiger partial charge in [-0.05, 0) is 24.1 Å². The lowest BCUT2D eigenvalue weighted by atomic mass is 10.1. The van der Waals surface area contributed by atoms with Crippen LogP contribution in [0.2, 0.25) is 0 Å². The molecule has 2 aromatic carbocycles. The minimum Gasteiger partial charge on any atom is -0.465 e. The number of methoxy groups -OCH3 is 1. The maximum atomic E-state index is 12.2. The first-order valence-corrected chi connectivity index (χ1v) is 10.7. The van der Waals surface area contributed by atoms with E-state index >= 15 is 0 Å². The van der Waals surface area contributed by atoms with Gasteiger partial charge in [0, 0.05) is 24.7 Å². The van der Waals surface area contributed by atoms with Gasteiger partial charge in [0.05, 0.1) is 18.4 Å². The number of rotatable bonds is 6. The van der Waals surface area contributed by atoms with Crippen molar-refractivity contribution >= 4 is 22.7 Å². The Balaban J connectivity index is 0.00000141. The van der Waals surface area contributed by atoms with Crippen molar-refractivity contribution in [2.24, 2.45) is 0 Å². The zero-order valence-corrected chi connectivity index (χ0v) is 18.9. The lowest BCUT2D eigenvalue weighted by Gasteiger charge is -2.25. The van der Waals surface area contributed by atoms with Gasteiger partial charge in [-0.25, -0.2) is 9.78 Å². The summed E-state index contributed by atoms with van der Waals surface area (Å²) < 4.78 is 5.99. The molecule has 2 aromatic heterocycles. The third-order valence-corrected chi connectivity index (χ3v) is 5.11. The molecule has 0 amide bonds. The fourth-order valence-corrected chi connectivity index (χ4v) is 3.62. The van der Waals surface area contributed by atoms with Gasteiger partial charge in [0.1, 0.15) is 5.52 Å². The van der Waals surface area contributed by atoms with Gasteiger partial charge in [0.2, 0.25) is 0 Å². The molecule has 6 nitrogen and oxygen atoms in total. The highest BCUT2D eigenvalue weighted by Gasteiger charge is 2.23. The second kappa shape index (κ2) is 10.5. The third kappa shape index (κ3) is 4.75. The fraction of sp³-hybridized carbons (Fsp3) is 0.231. The summed E-state index contributed by atoms with van der Waals surface area (Å²) in [6.45, 7) is 6.98. The summed E-state index contributed by atoms with van der Waals surface area (Å²) in [5.41, 5.74) is 3.67. The molecule has 1 N–H and O–H groups in total. The van der Waals surface area contributed by atoms with Crippen LogP contribution in [0.3, 0.4) is 0 Å². The summed E-state index contributed by atoms with van der Waals surface area (Å²) >= 11 is 0. The summed E-state index contributed by atoms with van der Waals surface area (Å²) in [7, 11) is 1.34. The van der Waals surface area contributed by atoms with Crippen molar-refractivity contribution in [2.45, 2.75) is 33.9 Å². The first-order chi connectivity index (χ1) is 15.6. The predicted octanol–water partition coefficient (Wildman–Crippen LogP) is 5.60. The Kier molecular flexibility index (Phi) is 7.49. The maximum absolute atomic E-state index is 12.2. The molecule has 4 rings (SSSR count). The Morgan fingerprint density at radius 2 is 1.53 bits per heavy atom. The number of benzene rings is 2. The second-order valence-electron chi connectivity index (χ2n) is 7.17. The SMILES string of the molecule is CC.COC(=O)c1cnc(N(Cc2ccccc2)Cc2ccccc2)c2c1cc(C)n2O. The Labute approximate surface area is 188 Å². The number of anilines is 1. The van der Waals surface area contributed by atoms with Gasteiger partial charge in [0.15, 0.2) is 5.82 Å². The molecular weight excluding hydrogens is 402 g/mol. The Hall–Kier alpha value is -3.80. The number of aryl methyl sites for hydroxylation is 1. The van der Waals surface area contributed by atoms with Gasteiger partial charge in [-0.1, -0.05) is 74.5 Å². The highest BCUT2D eigenvalue weighted by atomic mass is 16.5. The molecule has 0 atom stereocenters. The van der Waals surface area contributed by atoms with E-state index in [1.54, 1.807) is 13.0 Å². The highest BCUT2D eigenvalue weighted by Crippen LogP contribution is 2.31. The topological polar surface area (TPSA) is 67.6 Å². The maximum Gasteiger partial charge on any atom is 0.340 e. The van der Waals surface area contributed by atoms with Crippen LogP contribution in [0.5, 0.6) is 0 Å². The number of carbonyl (C=O) groups excluding carboxylic acids is 1. The lowest BCUT2D eigenvalue weighted by Crippen LogP contribution is -2.24. The minimum atomic E-state index is -0.484. The van der Waals surface area contributed by atoms with Crippen molar-refractivity contribution in [2.75, 3.05) is 12.0 Å². The number of aromatic nitrogens is 2. The van der Waals surface area contributed by atoms with Crippen LogP contribution in [0, 0.1) is 6.92 Å². The van der Waals surface area contributed by atoms with Gasteiger partial charge in [-0.2, -0.15) is 4.73 Å². The van der Waals surface area contributed by atoms with Crippen molar-refractivity contribution < 1.29 is 14.7 Å². The number of nitrogens with zero attached hydrogens (tertiary/aromatic N) is 3. The average Bonchev–Trinajstić information content (AvgIpc) is 3.14. The van der Waals surface area contributed by atoms with E-state index in [0.717, 1.165) is 15.9 Å². The molecule has 0 fully saturated rings. The van der Waals surface area contributed by atoms with Crippen molar-refractivity contribution in [1.29, 1.82) is 0 Å². The fourth-order valence-electron chi connectivity index (χ4n) is 3.62. The average molecular weight is 432 g/mol. The van der Waals surface area contributed by atoms with Crippen molar-refractivity contribution in [3.8, 4) is 0 Å². The van der Waals surface area contributed by atoms with Gasteiger partial charge < -0.3 is 14.8 Å². The van der Waals surface area contributed by atoms with E-state index in [-0.39, 0.29) is 0 Å². The van der Waals surface area contributed by atoms with Crippen molar-refractivity contribution in [1.82, 2.24) is 9.71 Å². The molecule has 0 saturated heterocycles. The van der Waals surface area contributed by atoms with Crippen LogP contribution in [-0.2, 0) is 17.8 Å². The molecule has 32 heavy (non-hydrogen) atoms. The van der Waals surface area contributed by atoms with E-state index in [1.165, 1.54) is 13.3 Å². The number of fused-ring (bicyclic) bond motifs is 1. The first kappa shape index (κ1) is 22.9. The zero-order valence-electron chi connectivity index (χ0n) is 18.9. The van der Waals surface area contributed by atoms with Crippen LogP contribution in [0.15, 0.2) is 72.9 Å². The van der Waals surface area contributed by atoms with Gasteiger partial charge in [-0.3, -0.25) is 0 Å². The molecular formula is C26H29N3O3. The summed E-state index contributed by atoms with van der Waals surface area (Å²) in [5.74, 6) is 0.114. The molecule has 0 bridgehead atoms. The summed E-state index contributed by atoms with van der Waals surface area (Å²) in [6, 6.07) is 22.0. The van der Waals surface area contributed by atoms with E-state index < -0.39 is 5.97 Å². The Morgan fingerprint density at radius 3 is 2.03 bits per heavy atom. The zero-order chi connectivity index (χ0) is 23.1. The second-order valence-corrected chi connectivity index (χ2v) is 7.17. The van der Waals surface area contributed by atoms with Crippen LogP contribution in [-0.4, -0.2) is 28.0 Å². The number of carbonyl (C=O) groups is 1. The number of hydrogen-bond donors (Lipinski definition) is 1. The highest BCUT2D eigenvalue weighted by molar-refractivity contribution is 6.06. The molecule has 0 aliphatic heterocycles.